The number of hydrogen-bond acceptors (Lipinski definition) is 7. The van der Waals surface area contributed by atoms with Gasteiger partial charge >= 0.3 is 0 Å². The Morgan fingerprint density at radius 1 is 1.11 bits per heavy atom. The predicted molar refractivity (Wildman–Crippen MR) is 62.3 cm³/mol. The predicted octanol–water partition coefficient (Wildman–Crippen LogP) is 0.363. The third kappa shape index (κ3) is 2.19. The smallest absolute Gasteiger partial charge is 0.215 e. The van der Waals surface area contributed by atoms with Crippen molar-refractivity contribution < 1.29 is 28.9 Å². The Morgan fingerprint density at radius 2 is 1.84 bits per heavy atom. The number of ether oxygens (including phenoxy) is 5. The SMILES string of the molecule is CC1(C)O[C@@H]2[C@H](CO[C@]3(CNO)OC(C)(C)O[C@H]23)O1. The molecule has 3 fully saturated rings. The van der Waals surface area contributed by atoms with Crippen LogP contribution in [0.15, 0.2) is 0 Å². The van der Waals surface area contributed by atoms with Crippen molar-refractivity contribution in [2.45, 2.75) is 63.4 Å². The molecular formula is C12H21NO6. The van der Waals surface area contributed by atoms with Crippen LogP contribution in [0.5, 0.6) is 0 Å². The van der Waals surface area contributed by atoms with E-state index in [4.69, 9.17) is 28.9 Å². The fourth-order valence-electron chi connectivity index (χ4n) is 3.09. The van der Waals surface area contributed by atoms with E-state index in [0.29, 0.717) is 6.61 Å². The van der Waals surface area contributed by atoms with Crippen LogP contribution in [0.2, 0.25) is 0 Å². The van der Waals surface area contributed by atoms with Crippen LogP contribution < -0.4 is 5.48 Å². The van der Waals surface area contributed by atoms with E-state index in [0.717, 1.165) is 0 Å². The number of hydrogen-bond donors (Lipinski definition) is 2. The monoisotopic (exact) mass is 275 g/mol. The maximum absolute atomic E-state index is 9.04. The Labute approximate surface area is 112 Å². The summed E-state index contributed by atoms with van der Waals surface area (Å²) in [7, 11) is 0. The maximum atomic E-state index is 9.04. The van der Waals surface area contributed by atoms with Gasteiger partial charge in [0.15, 0.2) is 11.6 Å². The zero-order valence-corrected chi connectivity index (χ0v) is 11.6. The van der Waals surface area contributed by atoms with E-state index in [9.17, 15) is 0 Å². The zero-order chi connectivity index (χ0) is 13.9. The van der Waals surface area contributed by atoms with Crippen LogP contribution >= 0.6 is 0 Å². The van der Waals surface area contributed by atoms with Gasteiger partial charge in [0, 0.05) is 0 Å². The maximum Gasteiger partial charge on any atom is 0.215 e. The molecule has 19 heavy (non-hydrogen) atoms. The van der Waals surface area contributed by atoms with E-state index in [1.807, 2.05) is 27.7 Å². The zero-order valence-electron chi connectivity index (χ0n) is 11.6. The highest BCUT2D eigenvalue weighted by Crippen LogP contribution is 2.47. The molecule has 0 bridgehead atoms. The summed E-state index contributed by atoms with van der Waals surface area (Å²) in [5.41, 5.74) is 2.11. The number of fused-ring (bicyclic) bond motifs is 3. The highest BCUT2D eigenvalue weighted by Gasteiger charge is 2.65. The molecule has 0 aromatic carbocycles. The third-order valence-corrected chi connectivity index (χ3v) is 3.60. The van der Waals surface area contributed by atoms with Gasteiger partial charge in [-0.25, -0.2) is 5.48 Å². The van der Waals surface area contributed by atoms with Crippen molar-refractivity contribution in [3.05, 3.63) is 0 Å². The lowest BCUT2D eigenvalue weighted by Crippen LogP contribution is -2.62. The summed E-state index contributed by atoms with van der Waals surface area (Å²) < 4.78 is 29.3. The lowest BCUT2D eigenvalue weighted by atomic mass is 9.97. The summed E-state index contributed by atoms with van der Waals surface area (Å²) in [5, 5.41) is 9.04. The fraction of sp³-hybridized carbons (Fsp3) is 1.00. The summed E-state index contributed by atoms with van der Waals surface area (Å²) >= 11 is 0. The highest BCUT2D eigenvalue weighted by atomic mass is 16.9. The lowest BCUT2D eigenvalue weighted by molar-refractivity contribution is -0.283. The molecule has 0 aliphatic carbocycles. The molecular weight excluding hydrogens is 254 g/mol. The molecule has 0 unspecified atom stereocenters. The molecule has 3 aliphatic rings. The van der Waals surface area contributed by atoms with E-state index in [1.165, 1.54) is 0 Å². The molecule has 3 rings (SSSR count). The Balaban J connectivity index is 1.89. The summed E-state index contributed by atoms with van der Waals surface area (Å²) in [6, 6.07) is 0. The van der Waals surface area contributed by atoms with Crippen LogP contribution in [0.4, 0.5) is 0 Å². The first kappa shape index (κ1) is 13.7. The molecule has 7 nitrogen and oxygen atoms in total. The van der Waals surface area contributed by atoms with E-state index in [1.54, 1.807) is 0 Å². The van der Waals surface area contributed by atoms with Crippen LogP contribution in [0.25, 0.3) is 0 Å². The molecule has 0 aromatic rings. The van der Waals surface area contributed by atoms with E-state index in [2.05, 4.69) is 5.48 Å². The molecule has 2 N–H and O–H groups in total. The van der Waals surface area contributed by atoms with Crippen molar-refractivity contribution in [1.29, 1.82) is 0 Å². The van der Waals surface area contributed by atoms with E-state index >= 15 is 0 Å². The van der Waals surface area contributed by atoms with Crippen LogP contribution in [-0.2, 0) is 23.7 Å². The third-order valence-electron chi connectivity index (χ3n) is 3.60. The van der Waals surface area contributed by atoms with Crippen molar-refractivity contribution in [2.24, 2.45) is 0 Å². The molecule has 3 saturated heterocycles. The van der Waals surface area contributed by atoms with Gasteiger partial charge < -0.3 is 28.9 Å². The van der Waals surface area contributed by atoms with Crippen molar-refractivity contribution in [3.63, 3.8) is 0 Å². The van der Waals surface area contributed by atoms with Gasteiger partial charge in [-0.05, 0) is 27.7 Å². The van der Waals surface area contributed by atoms with Gasteiger partial charge in [-0.15, -0.1) is 0 Å². The van der Waals surface area contributed by atoms with E-state index in [-0.39, 0.29) is 18.8 Å². The molecule has 4 atom stereocenters. The highest BCUT2D eigenvalue weighted by molar-refractivity contribution is 5.03. The number of nitrogens with one attached hydrogen (secondary N) is 1. The van der Waals surface area contributed by atoms with Crippen molar-refractivity contribution in [1.82, 2.24) is 5.48 Å². The fourth-order valence-corrected chi connectivity index (χ4v) is 3.09. The molecule has 0 aromatic heterocycles. The van der Waals surface area contributed by atoms with E-state index < -0.39 is 23.5 Å². The quantitative estimate of drug-likeness (QED) is 0.705. The van der Waals surface area contributed by atoms with Crippen LogP contribution in [0.3, 0.4) is 0 Å². The number of rotatable bonds is 2. The van der Waals surface area contributed by atoms with Crippen LogP contribution in [-0.4, -0.2) is 54.0 Å². The van der Waals surface area contributed by atoms with Gasteiger partial charge in [-0.2, -0.15) is 0 Å². The minimum absolute atomic E-state index is 0.105. The molecule has 3 aliphatic heterocycles. The van der Waals surface area contributed by atoms with Crippen molar-refractivity contribution in [2.75, 3.05) is 13.2 Å². The Bertz CT molecular complexity index is 373. The minimum atomic E-state index is -1.05. The molecule has 110 valence electrons. The number of hydroxylamine groups is 1. The second kappa shape index (κ2) is 4.11. The molecule has 0 spiro atoms. The molecule has 0 amide bonds. The Hall–Kier alpha value is -0.280. The average Bonchev–Trinajstić information content (AvgIpc) is 2.71. The Morgan fingerprint density at radius 3 is 2.53 bits per heavy atom. The normalized spacial score (nSPS) is 46.9. The van der Waals surface area contributed by atoms with Gasteiger partial charge in [0.2, 0.25) is 5.79 Å². The largest absolute Gasteiger partial charge is 0.343 e. The van der Waals surface area contributed by atoms with Gasteiger partial charge in [0.05, 0.1) is 13.2 Å². The Kier molecular flexibility index (Phi) is 2.96. The lowest BCUT2D eigenvalue weighted by Gasteiger charge is -2.40. The van der Waals surface area contributed by atoms with Gasteiger partial charge in [0.25, 0.3) is 0 Å². The molecule has 7 heteroatoms. The molecule has 0 radical (unpaired) electrons. The topological polar surface area (TPSA) is 78.4 Å². The summed E-state index contributed by atoms with van der Waals surface area (Å²) in [5.74, 6) is -2.52. The molecule has 0 saturated carbocycles. The first-order valence-corrected chi connectivity index (χ1v) is 6.51. The standard InChI is InChI=1S/C12H21NO6/c1-10(2)16-7-5-15-12(6-13-14)9(8(7)17-10)18-11(3,4)19-12/h7-9,13-14H,5-6H2,1-4H3/t7-,8+,9+,12+/m0/s1. The summed E-state index contributed by atoms with van der Waals surface area (Å²) in [6.07, 6.45) is -0.925. The first-order chi connectivity index (χ1) is 8.77. The average molecular weight is 275 g/mol. The summed E-state index contributed by atoms with van der Waals surface area (Å²) in [4.78, 5) is 0. The molecule has 3 heterocycles. The second-order valence-electron chi connectivity index (χ2n) is 6.14. The minimum Gasteiger partial charge on any atom is -0.343 e. The van der Waals surface area contributed by atoms with Gasteiger partial charge in [-0.1, -0.05) is 0 Å². The van der Waals surface area contributed by atoms with Crippen molar-refractivity contribution >= 4 is 0 Å². The second-order valence-corrected chi connectivity index (χ2v) is 6.14. The van der Waals surface area contributed by atoms with Crippen LogP contribution in [0.1, 0.15) is 27.7 Å². The van der Waals surface area contributed by atoms with Gasteiger partial charge in [0.1, 0.15) is 18.3 Å². The van der Waals surface area contributed by atoms with Gasteiger partial charge in [-0.3, -0.25) is 0 Å². The van der Waals surface area contributed by atoms with Crippen molar-refractivity contribution in [3.8, 4) is 0 Å². The first-order valence-electron chi connectivity index (χ1n) is 6.51. The van der Waals surface area contributed by atoms with Crippen LogP contribution in [0, 0.1) is 0 Å². The summed E-state index contributed by atoms with van der Waals surface area (Å²) in [6.45, 7) is 7.78.